The van der Waals surface area contributed by atoms with Crippen LogP contribution in [0.5, 0.6) is 0 Å². The molecule has 1 saturated heterocycles. The average molecular weight is 787 g/mol. The quantitative estimate of drug-likeness (QED) is 0.148. The average Bonchev–Trinajstić information content (AvgIpc) is 3.15. The third-order valence-electron chi connectivity index (χ3n) is 10.4. The van der Waals surface area contributed by atoms with E-state index in [0.29, 0.717) is 42.4 Å². The Morgan fingerprint density at radius 1 is 0.741 bits per heavy atom. The van der Waals surface area contributed by atoms with Crippen molar-refractivity contribution in [3.05, 3.63) is 137 Å². The Balaban J connectivity index is 1.37. The highest BCUT2D eigenvalue weighted by atomic mass is 32.2. The summed E-state index contributed by atoms with van der Waals surface area (Å²) >= 11 is 0. The summed E-state index contributed by atoms with van der Waals surface area (Å²) in [7, 11) is -8.82. The first-order valence-electron chi connectivity index (χ1n) is 17.4. The fourth-order valence-electron chi connectivity index (χ4n) is 7.24. The Bertz CT molecular complexity index is 2620. The van der Waals surface area contributed by atoms with E-state index in [1.807, 2.05) is 72.1 Å². The molecule has 11 nitrogen and oxygen atoms in total. The summed E-state index contributed by atoms with van der Waals surface area (Å²) in [6.45, 7) is 3.06. The molecule has 4 aromatic rings. The molecule has 1 heterocycles. The van der Waals surface area contributed by atoms with Crippen LogP contribution in [0.25, 0.3) is 5.57 Å². The van der Waals surface area contributed by atoms with Crippen LogP contribution in [0.4, 0.5) is 17.1 Å². The molecular formula is C40H40N3O8S3+. The smallest absolute Gasteiger partial charge is 0.294 e. The summed E-state index contributed by atoms with van der Waals surface area (Å²) < 4.78 is 97.7. The Labute approximate surface area is 316 Å². The third kappa shape index (κ3) is 7.25. The van der Waals surface area contributed by atoms with Gasteiger partial charge >= 0.3 is 0 Å². The molecule has 0 aromatic heterocycles. The van der Waals surface area contributed by atoms with Gasteiger partial charge in [-0.05, 0) is 114 Å². The van der Waals surface area contributed by atoms with E-state index < -0.39 is 30.3 Å². The zero-order valence-electron chi connectivity index (χ0n) is 29.9. The highest BCUT2D eigenvalue weighted by Crippen LogP contribution is 2.44. The predicted octanol–water partition coefficient (Wildman–Crippen LogP) is 6.64. The lowest BCUT2D eigenvalue weighted by molar-refractivity contribution is -0.403. The molecule has 0 unspecified atom stereocenters. The van der Waals surface area contributed by atoms with Crippen molar-refractivity contribution in [1.29, 1.82) is 0 Å². The molecule has 4 aromatic carbocycles. The molecule has 0 amide bonds. The van der Waals surface area contributed by atoms with Gasteiger partial charge in [-0.15, -0.1) is 0 Å². The summed E-state index contributed by atoms with van der Waals surface area (Å²) in [5.41, 5.74) is 8.07. The summed E-state index contributed by atoms with van der Waals surface area (Å²) in [4.78, 5) is 1.74. The first kappa shape index (κ1) is 37.6. The molecule has 1 fully saturated rings. The van der Waals surface area contributed by atoms with Crippen LogP contribution >= 0.6 is 0 Å². The lowest BCUT2D eigenvalue weighted by Crippen LogP contribution is -2.38. The van der Waals surface area contributed by atoms with Gasteiger partial charge in [-0.3, -0.25) is 9.11 Å². The Morgan fingerprint density at radius 2 is 1.33 bits per heavy atom. The molecule has 3 aliphatic rings. The molecule has 54 heavy (non-hydrogen) atoms. The summed E-state index contributed by atoms with van der Waals surface area (Å²) in [6, 6.07) is 25.0. The zero-order valence-corrected chi connectivity index (χ0v) is 32.4. The lowest BCUT2D eigenvalue weighted by atomic mass is 9.77. The molecule has 1 aliphatic heterocycles. The number of benzene rings is 4. The third-order valence-corrected chi connectivity index (χ3v) is 14.1. The van der Waals surface area contributed by atoms with Crippen LogP contribution in [0, 0.1) is 5.92 Å². The predicted molar refractivity (Wildman–Crippen MR) is 208 cm³/mol. The minimum Gasteiger partial charge on any atom is -0.345 e. The number of sulfonamides is 1. The van der Waals surface area contributed by atoms with Crippen LogP contribution in [0.2, 0.25) is 0 Å². The second-order valence-electron chi connectivity index (χ2n) is 13.9. The molecule has 0 bridgehead atoms. The second-order valence-corrected chi connectivity index (χ2v) is 18.6. The molecule has 0 radical (unpaired) electrons. The monoisotopic (exact) mass is 786 g/mol. The zero-order chi connectivity index (χ0) is 38.6. The van der Waals surface area contributed by atoms with Crippen LogP contribution in [0.15, 0.2) is 135 Å². The maximum Gasteiger partial charge on any atom is 0.294 e. The number of rotatable bonds is 8. The van der Waals surface area contributed by atoms with Crippen LogP contribution in [0.3, 0.4) is 0 Å². The Morgan fingerprint density at radius 3 is 1.96 bits per heavy atom. The molecule has 0 atom stereocenters. The van der Waals surface area contributed by atoms with E-state index in [0.717, 1.165) is 52.1 Å². The van der Waals surface area contributed by atoms with E-state index in [-0.39, 0.29) is 14.7 Å². The number of hydrogen-bond donors (Lipinski definition) is 2. The summed E-state index contributed by atoms with van der Waals surface area (Å²) in [6.07, 6.45) is 8.10. The van der Waals surface area contributed by atoms with Gasteiger partial charge < -0.3 is 4.90 Å². The number of hydrogen-bond acceptors (Lipinski definition) is 7. The van der Waals surface area contributed by atoms with Crippen molar-refractivity contribution in [3.8, 4) is 0 Å². The van der Waals surface area contributed by atoms with E-state index in [1.165, 1.54) is 24.3 Å². The van der Waals surface area contributed by atoms with Gasteiger partial charge in [-0.2, -0.15) is 25.7 Å². The number of piperidine rings is 1. The maximum atomic E-state index is 14.3. The van der Waals surface area contributed by atoms with Crippen LogP contribution < -0.4 is 4.90 Å². The molecule has 2 aliphatic carbocycles. The fourth-order valence-corrected chi connectivity index (χ4v) is 9.87. The maximum absolute atomic E-state index is 14.3. The van der Waals surface area contributed by atoms with E-state index in [1.54, 1.807) is 40.7 Å². The lowest BCUT2D eigenvalue weighted by Gasteiger charge is -2.32. The van der Waals surface area contributed by atoms with Crippen molar-refractivity contribution in [2.75, 3.05) is 32.1 Å². The van der Waals surface area contributed by atoms with E-state index in [2.05, 4.69) is 6.92 Å². The van der Waals surface area contributed by atoms with Crippen molar-refractivity contribution in [2.24, 2.45) is 5.92 Å². The summed E-state index contributed by atoms with van der Waals surface area (Å²) in [5.74, 6) is 0.458. The van der Waals surface area contributed by atoms with Gasteiger partial charge in [0.25, 0.3) is 20.2 Å². The van der Waals surface area contributed by atoms with E-state index in [4.69, 9.17) is 0 Å². The van der Waals surface area contributed by atoms with Crippen LogP contribution in [0.1, 0.15) is 36.5 Å². The van der Waals surface area contributed by atoms with Crippen molar-refractivity contribution in [2.45, 2.75) is 40.9 Å². The van der Waals surface area contributed by atoms with Gasteiger partial charge in [0, 0.05) is 61.4 Å². The minimum atomic E-state index is -4.35. The summed E-state index contributed by atoms with van der Waals surface area (Å²) in [5, 5.41) is 0. The number of anilines is 2. The van der Waals surface area contributed by atoms with E-state index in [9.17, 15) is 34.4 Å². The topological polar surface area (TPSA) is 152 Å². The number of nitrogens with zero attached hydrogens (tertiary/aromatic N) is 3. The van der Waals surface area contributed by atoms with Crippen molar-refractivity contribution >= 4 is 58.6 Å². The largest absolute Gasteiger partial charge is 0.345 e. The molecule has 0 spiro atoms. The van der Waals surface area contributed by atoms with Crippen molar-refractivity contribution < 1.29 is 38.9 Å². The first-order valence-corrected chi connectivity index (χ1v) is 21.7. The molecule has 280 valence electrons. The number of allylic oxidation sites excluding steroid dienone is 5. The second kappa shape index (κ2) is 14.2. The normalized spacial score (nSPS) is 17.8. The molecule has 14 heteroatoms. The van der Waals surface area contributed by atoms with Crippen molar-refractivity contribution in [1.82, 2.24) is 4.31 Å². The Hall–Kier alpha value is -4.70. The fraction of sp³-hybridized carbons (Fsp3) is 0.225. The Kier molecular flexibility index (Phi) is 9.88. The van der Waals surface area contributed by atoms with Gasteiger partial charge in [0.05, 0.1) is 14.7 Å². The van der Waals surface area contributed by atoms with E-state index >= 15 is 0 Å². The van der Waals surface area contributed by atoms with Gasteiger partial charge in [-0.1, -0.05) is 31.2 Å². The standard InChI is InChI=1S/C40H39N3O8S3/c1-27-20-22-43(23-21-27)52(44,45)39-7-5-4-6-38(39)40-36-18-12-32(41(2)30-8-14-34(15-9-30)53(46,47)48)25-28(36)24-29-26-33(13-19-37(29)40)42(3)31-10-16-35(17-11-31)54(49,50)51/h4-19,25-27H,20-24H2,1-3H3,(H-,46,47,48,49,50,51)/p+1. The highest BCUT2D eigenvalue weighted by molar-refractivity contribution is 7.89. The SMILES string of the molecule is CC1CCN(S(=O)(=O)c2ccccc2C2=C3C=C/C(=[N+](/C)c4ccc(S(=O)(=O)O)cc4)C=C3Cc3cc(N(C)c4ccc(S(=O)(=O)O)cc4)ccc32)CC1. The van der Waals surface area contributed by atoms with Gasteiger partial charge in [0.15, 0.2) is 0 Å². The molecule has 0 saturated carbocycles. The van der Waals surface area contributed by atoms with Crippen LogP contribution in [-0.2, 0) is 36.7 Å². The number of fused-ring (bicyclic) bond motifs is 2. The molecule has 7 rings (SSSR count). The minimum absolute atomic E-state index is 0.205. The van der Waals surface area contributed by atoms with Crippen LogP contribution in [-0.4, -0.2) is 76.1 Å². The van der Waals surface area contributed by atoms with Gasteiger partial charge in [-0.25, -0.2) is 8.42 Å². The van der Waals surface area contributed by atoms with Gasteiger partial charge in [0.2, 0.25) is 21.4 Å². The molecular weight excluding hydrogens is 747 g/mol. The first-order chi connectivity index (χ1) is 25.5. The molecule has 2 N–H and O–H groups in total. The van der Waals surface area contributed by atoms with Gasteiger partial charge in [0.1, 0.15) is 7.05 Å². The van der Waals surface area contributed by atoms with Crippen molar-refractivity contribution in [3.63, 3.8) is 0 Å². The highest BCUT2D eigenvalue weighted by Gasteiger charge is 2.34.